The standard InChI is InChI=1S/C19H11BrCl2N2OS/c20-13-4-1-11(2-5-13)15-9-26-18-17(15)19(25)24(10-23-18)8-12-3-6-14(21)7-16(12)22/h1-7,9-10H,8H2. The summed E-state index contributed by atoms with van der Waals surface area (Å²) in [7, 11) is 0. The number of nitrogens with zero attached hydrogens (tertiary/aromatic N) is 2. The molecule has 0 saturated carbocycles. The normalized spacial score (nSPS) is 11.2. The van der Waals surface area contributed by atoms with Crippen molar-refractivity contribution in [2.45, 2.75) is 6.54 Å². The second-order valence-corrected chi connectivity index (χ2v) is 8.37. The molecule has 2 heterocycles. The highest BCUT2D eigenvalue weighted by Gasteiger charge is 2.14. The molecule has 0 spiro atoms. The van der Waals surface area contributed by atoms with Gasteiger partial charge < -0.3 is 0 Å². The topological polar surface area (TPSA) is 34.9 Å². The molecule has 2 aromatic heterocycles. The minimum Gasteiger partial charge on any atom is -0.294 e. The van der Waals surface area contributed by atoms with E-state index in [1.807, 2.05) is 35.7 Å². The fraction of sp³-hybridized carbons (Fsp3) is 0.0526. The molecule has 0 saturated heterocycles. The van der Waals surface area contributed by atoms with E-state index < -0.39 is 0 Å². The van der Waals surface area contributed by atoms with Crippen LogP contribution >= 0.6 is 50.5 Å². The minimum absolute atomic E-state index is 0.0832. The number of thiophene rings is 1. The van der Waals surface area contributed by atoms with Crippen molar-refractivity contribution in [2.24, 2.45) is 0 Å². The highest BCUT2D eigenvalue weighted by Crippen LogP contribution is 2.31. The van der Waals surface area contributed by atoms with E-state index in [0.29, 0.717) is 22.0 Å². The Morgan fingerprint density at radius 2 is 1.88 bits per heavy atom. The van der Waals surface area contributed by atoms with E-state index in [2.05, 4.69) is 20.9 Å². The summed E-state index contributed by atoms with van der Waals surface area (Å²) in [6.45, 7) is 0.341. The van der Waals surface area contributed by atoms with Crippen LogP contribution < -0.4 is 5.56 Å². The Morgan fingerprint density at radius 3 is 2.62 bits per heavy atom. The van der Waals surface area contributed by atoms with E-state index >= 15 is 0 Å². The van der Waals surface area contributed by atoms with Gasteiger partial charge >= 0.3 is 0 Å². The molecular weight excluding hydrogens is 455 g/mol. The molecule has 0 bridgehead atoms. The Hall–Kier alpha value is -1.66. The number of fused-ring (bicyclic) bond motifs is 1. The van der Waals surface area contributed by atoms with Crippen molar-refractivity contribution >= 4 is 60.7 Å². The maximum atomic E-state index is 13.1. The lowest BCUT2D eigenvalue weighted by Crippen LogP contribution is -2.21. The molecule has 4 rings (SSSR count). The molecule has 0 radical (unpaired) electrons. The van der Waals surface area contributed by atoms with Crippen LogP contribution in [-0.2, 0) is 6.54 Å². The molecule has 0 fully saturated rings. The van der Waals surface area contributed by atoms with Gasteiger partial charge in [-0.2, -0.15) is 0 Å². The van der Waals surface area contributed by atoms with Crippen LogP contribution in [0.3, 0.4) is 0 Å². The van der Waals surface area contributed by atoms with Crippen LogP contribution in [-0.4, -0.2) is 9.55 Å². The zero-order chi connectivity index (χ0) is 18.3. The Balaban J connectivity index is 1.82. The van der Waals surface area contributed by atoms with Gasteiger partial charge in [-0.3, -0.25) is 9.36 Å². The molecule has 4 aromatic rings. The first-order valence-electron chi connectivity index (χ1n) is 7.69. The molecule has 0 atom stereocenters. The molecule has 3 nitrogen and oxygen atoms in total. The quantitative estimate of drug-likeness (QED) is 0.358. The fourth-order valence-electron chi connectivity index (χ4n) is 2.76. The van der Waals surface area contributed by atoms with Crippen LogP contribution in [0.5, 0.6) is 0 Å². The first kappa shape index (κ1) is 17.7. The fourth-order valence-corrected chi connectivity index (χ4v) is 4.39. The van der Waals surface area contributed by atoms with Crippen molar-refractivity contribution < 1.29 is 0 Å². The van der Waals surface area contributed by atoms with Crippen molar-refractivity contribution in [1.29, 1.82) is 0 Å². The van der Waals surface area contributed by atoms with E-state index in [1.54, 1.807) is 23.0 Å². The van der Waals surface area contributed by atoms with Gasteiger partial charge in [-0.05, 0) is 35.4 Å². The molecule has 130 valence electrons. The lowest BCUT2D eigenvalue weighted by atomic mass is 10.1. The number of hydrogen-bond donors (Lipinski definition) is 0. The summed E-state index contributed by atoms with van der Waals surface area (Å²) in [5, 5.41) is 3.70. The highest BCUT2D eigenvalue weighted by atomic mass is 79.9. The molecule has 26 heavy (non-hydrogen) atoms. The van der Waals surface area contributed by atoms with Gasteiger partial charge in [0.05, 0.1) is 18.3 Å². The van der Waals surface area contributed by atoms with Gasteiger partial charge in [0.15, 0.2) is 0 Å². The molecule has 0 aliphatic carbocycles. The molecule has 0 aliphatic heterocycles. The van der Waals surface area contributed by atoms with Gasteiger partial charge in [0.25, 0.3) is 5.56 Å². The molecule has 0 unspecified atom stereocenters. The van der Waals surface area contributed by atoms with Crippen molar-refractivity contribution in [3.05, 3.63) is 84.6 Å². The third-order valence-corrected chi connectivity index (χ3v) is 6.07. The monoisotopic (exact) mass is 464 g/mol. The molecule has 7 heteroatoms. The largest absolute Gasteiger partial charge is 0.294 e. The van der Waals surface area contributed by atoms with Crippen LogP contribution in [0.25, 0.3) is 21.3 Å². The molecule has 0 amide bonds. The summed E-state index contributed by atoms with van der Waals surface area (Å²) in [6, 6.07) is 13.1. The Bertz CT molecular complexity index is 1170. The highest BCUT2D eigenvalue weighted by molar-refractivity contribution is 9.10. The Kier molecular flexibility index (Phi) is 4.88. The molecule has 0 N–H and O–H groups in total. The third kappa shape index (κ3) is 3.32. The van der Waals surface area contributed by atoms with E-state index in [0.717, 1.165) is 26.0 Å². The van der Waals surface area contributed by atoms with E-state index in [9.17, 15) is 4.79 Å². The number of benzene rings is 2. The molecular formula is C19H11BrCl2N2OS. The van der Waals surface area contributed by atoms with Crippen molar-refractivity contribution in [3.8, 4) is 11.1 Å². The number of halogens is 3. The Labute approximate surface area is 172 Å². The van der Waals surface area contributed by atoms with Crippen molar-refractivity contribution in [1.82, 2.24) is 9.55 Å². The van der Waals surface area contributed by atoms with Crippen LogP contribution in [0.4, 0.5) is 0 Å². The average molecular weight is 466 g/mol. The van der Waals surface area contributed by atoms with E-state index in [4.69, 9.17) is 23.2 Å². The summed E-state index contributed by atoms with van der Waals surface area (Å²) in [5.74, 6) is 0. The van der Waals surface area contributed by atoms with Crippen LogP contribution in [0, 0.1) is 0 Å². The summed E-state index contributed by atoms with van der Waals surface area (Å²) >= 11 is 17.1. The van der Waals surface area contributed by atoms with E-state index in [1.165, 1.54) is 11.3 Å². The zero-order valence-electron chi connectivity index (χ0n) is 13.2. The smallest absolute Gasteiger partial charge is 0.263 e. The SMILES string of the molecule is O=c1c2c(-c3ccc(Br)cc3)csc2ncn1Cc1ccc(Cl)cc1Cl. The van der Waals surface area contributed by atoms with Crippen LogP contribution in [0.1, 0.15) is 5.56 Å². The predicted octanol–water partition coefficient (Wildman–Crippen LogP) is 6.24. The number of aromatic nitrogens is 2. The lowest BCUT2D eigenvalue weighted by molar-refractivity contribution is 0.750. The van der Waals surface area contributed by atoms with Crippen molar-refractivity contribution in [3.63, 3.8) is 0 Å². The zero-order valence-corrected chi connectivity index (χ0v) is 17.2. The Morgan fingerprint density at radius 1 is 1.12 bits per heavy atom. The summed E-state index contributed by atoms with van der Waals surface area (Å²) in [5.41, 5.74) is 2.62. The van der Waals surface area contributed by atoms with E-state index in [-0.39, 0.29) is 5.56 Å². The van der Waals surface area contributed by atoms with Gasteiger partial charge in [-0.25, -0.2) is 4.98 Å². The van der Waals surface area contributed by atoms with Gasteiger partial charge in [0.1, 0.15) is 4.83 Å². The maximum Gasteiger partial charge on any atom is 0.263 e. The first-order chi connectivity index (χ1) is 12.5. The summed E-state index contributed by atoms with van der Waals surface area (Å²) in [6.07, 6.45) is 1.57. The molecule has 0 aliphatic rings. The molecule has 2 aromatic carbocycles. The first-order valence-corrected chi connectivity index (χ1v) is 10.1. The second-order valence-electron chi connectivity index (χ2n) is 5.75. The van der Waals surface area contributed by atoms with Crippen molar-refractivity contribution in [2.75, 3.05) is 0 Å². The predicted molar refractivity (Wildman–Crippen MR) is 113 cm³/mol. The third-order valence-electron chi connectivity index (χ3n) is 4.07. The van der Waals surface area contributed by atoms with Gasteiger partial charge in [0, 0.05) is 25.5 Å². The van der Waals surface area contributed by atoms with Crippen LogP contribution in [0.2, 0.25) is 10.0 Å². The number of rotatable bonds is 3. The van der Waals surface area contributed by atoms with Gasteiger partial charge in [-0.15, -0.1) is 11.3 Å². The average Bonchev–Trinajstić information content (AvgIpc) is 3.05. The summed E-state index contributed by atoms with van der Waals surface area (Å²) < 4.78 is 2.57. The summed E-state index contributed by atoms with van der Waals surface area (Å²) in [4.78, 5) is 18.3. The minimum atomic E-state index is -0.0832. The second kappa shape index (κ2) is 7.16. The lowest BCUT2D eigenvalue weighted by Gasteiger charge is -2.08. The van der Waals surface area contributed by atoms with Gasteiger partial charge in [0.2, 0.25) is 0 Å². The number of hydrogen-bond acceptors (Lipinski definition) is 3. The maximum absolute atomic E-state index is 13.1. The van der Waals surface area contributed by atoms with Crippen LogP contribution in [0.15, 0.2) is 63.4 Å². The van der Waals surface area contributed by atoms with Gasteiger partial charge in [-0.1, -0.05) is 57.3 Å².